The van der Waals surface area contributed by atoms with E-state index in [1.807, 2.05) is 0 Å². The van der Waals surface area contributed by atoms with Crippen molar-refractivity contribution in [1.29, 1.82) is 0 Å². The van der Waals surface area contributed by atoms with Crippen molar-refractivity contribution in [2.75, 3.05) is 36.5 Å². The van der Waals surface area contributed by atoms with E-state index >= 15 is 0 Å². The molecule has 0 saturated carbocycles. The van der Waals surface area contributed by atoms with Crippen molar-refractivity contribution in [3.63, 3.8) is 0 Å². The van der Waals surface area contributed by atoms with Crippen molar-refractivity contribution in [1.82, 2.24) is 24.3 Å². The van der Waals surface area contributed by atoms with Gasteiger partial charge in [0, 0.05) is 31.4 Å². The van der Waals surface area contributed by atoms with Crippen molar-refractivity contribution in [2.24, 2.45) is 0 Å². The number of carbonyl (C=O) groups is 1. The van der Waals surface area contributed by atoms with Crippen LogP contribution in [0.25, 0.3) is 5.65 Å². The molecule has 2 saturated heterocycles. The highest BCUT2D eigenvalue weighted by molar-refractivity contribution is 5.65. The topological polar surface area (TPSA) is 108 Å². The van der Waals surface area contributed by atoms with Crippen LogP contribution in [0.3, 0.4) is 0 Å². The number of fused-ring (bicyclic) bond motifs is 1. The van der Waals surface area contributed by atoms with E-state index in [1.165, 1.54) is 28.4 Å². The summed E-state index contributed by atoms with van der Waals surface area (Å²) in [6, 6.07) is 4.44. The molecule has 0 radical (unpaired) electrons. The number of hydrogen-bond acceptors (Lipinski definition) is 7. The molecule has 5 rings (SSSR count). The van der Waals surface area contributed by atoms with Crippen LogP contribution < -0.4 is 10.2 Å². The van der Waals surface area contributed by atoms with Crippen molar-refractivity contribution in [3.05, 3.63) is 48.4 Å². The van der Waals surface area contributed by atoms with Crippen molar-refractivity contribution in [3.8, 4) is 0 Å². The molecule has 10 nitrogen and oxygen atoms in total. The number of hydrogen-bond donors (Lipinski definition) is 2. The highest BCUT2D eigenvalue weighted by atomic mass is 19.1. The number of halogens is 2. The summed E-state index contributed by atoms with van der Waals surface area (Å²) in [6.07, 6.45) is 2.91. The number of carboxylic acid groups (broad SMARTS) is 1. The molecule has 3 aromatic heterocycles. The van der Waals surface area contributed by atoms with Gasteiger partial charge in [0.15, 0.2) is 6.30 Å². The zero-order valence-electron chi connectivity index (χ0n) is 17.6. The first-order valence-electron chi connectivity index (χ1n) is 10.7. The summed E-state index contributed by atoms with van der Waals surface area (Å²) in [5.41, 5.74) is 1.19. The van der Waals surface area contributed by atoms with Gasteiger partial charge in [-0.05, 0) is 25.0 Å². The fraction of sp³-hybridized carbons (Fsp3) is 0.429. The maximum atomic E-state index is 14.8. The molecule has 3 aromatic rings. The number of ether oxygens (including phenoxy) is 1. The monoisotopic (exact) mass is 459 g/mol. The minimum atomic E-state index is -1.42. The maximum Gasteiger partial charge on any atom is 0.407 e. The lowest BCUT2D eigenvalue weighted by molar-refractivity contribution is -0.0161. The van der Waals surface area contributed by atoms with Gasteiger partial charge < -0.3 is 25.0 Å². The third-order valence-corrected chi connectivity index (χ3v) is 5.95. The summed E-state index contributed by atoms with van der Waals surface area (Å²) in [5, 5.41) is 12.5. The lowest BCUT2D eigenvalue weighted by Gasteiger charge is -2.36. The van der Waals surface area contributed by atoms with Gasteiger partial charge in [-0.1, -0.05) is 0 Å². The van der Waals surface area contributed by atoms with Crippen LogP contribution in [0.5, 0.6) is 0 Å². The van der Waals surface area contributed by atoms with E-state index in [-0.39, 0.29) is 19.2 Å². The van der Waals surface area contributed by atoms with Crippen LogP contribution in [0.2, 0.25) is 0 Å². The number of pyridine rings is 1. The van der Waals surface area contributed by atoms with Gasteiger partial charge in [-0.2, -0.15) is 0 Å². The molecule has 2 aliphatic rings. The zero-order chi connectivity index (χ0) is 22.9. The Balaban J connectivity index is 1.34. The molecule has 0 aliphatic carbocycles. The second-order valence-corrected chi connectivity index (χ2v) is 8.14. The number of aromatic nitrogens is 4. The van der Waals surface area contributed by atoms with E-state index in [2.05, 4.69) is 20.3 Å². The van der Waals surface area contributed by atoms with Crippen LogP contribution in [0.15, 0.2) is 36.9 Å². The summed E-state index contributed by atoms with van der Waals surface area (Å²) in [7, 11) is 0. The molecule has 2 aliphatic heterocycles. The Hall–Kier alpha value is -3.54. The average Bonchev–Trinajstić information content (AvgIpc) is 3.23. The van der Waals surface area contributed by atoms with Gasteiger partial charge in [0.2, 0.25) is 0 Å². The Morgan fingerprint density at radius 1 is 1.24 bits per heavy atom. The van der Waals surface area contributed by atoms with E-state index in [9.17, 15) is 18.7 Å². The molecule has 12 heteroatoms. The summed E-state index contributed by atoms with van der Waals surface area (Å²) >= 11 is 0. The first kappa shape index (κ1) is 21.3. The fourth-order valence-electron chi connectivity index (χ4n) is 4.32. The Morgan fingerprint density at radius 2 is 2.12 bits per heavy atom. The van der Waals surface area contributed by atoms with E-state index in [4.69, 9.17) is 4.74 Å². The van der Waals surface area contributed by atoms with Gasteiger partial charge in [0.1, 0.15) is 35.5 Å². The molecule has 2 N–H and O–H groups in total. The van der Waals surface area contributed by atoms with Crippen molar-refractivity contribution < 1.29 is 23.4 Å². The van der Waals surface area contributed by atoms with Crippen LogP contribution in [0.4, 0.5) is 25.2 Å². The molecule has 3 atom stereocenters. The number of rotatable bonds is 4. The Kier molecular flexibility index (Phi) is 5.67. The van der Waals surface area contributed by atoms with Gasteiger partial charge in [-0.25, -0.2) is 28.5 Å². The van der Waals surface area contributed by atoms with Gasteiger partial charge in [-0.3, -0.25) is 4.40 Å². The lowest BCUT2D eigenvalue weighted by atomic mass is 10.1. The summed E-state index contributed by atoms with van der Waals surface area (Å²) in [6.45, 7) is 0.827. The van der Waals surface area contributed by atoms with Gasteiger partial charge in [0.05, 0.1) is 25.0 Å². The Bertz CT molecular complexity index is 1160. The standard InChI is InChI=1S/C21H23F2N7O3/c22-13-3-4-19-24-7-15(29(19)8-13)16-10-30(17(23)11-33-16)20-6-18(25-12-26-20)27-14-2-1-5-28(9-14)21(31)32/h3-4,6-8,12,14,16-17H,1-2,5,9-11H2,(H,31,32)(H,25,26,27). The number of alkyl halides is 1. The smallest absolute Gasteiger partial charge is 0.407 e. The largest absolute Gasteiger partial charge is 0.465 e. The third kappa shape index (κ3) is 4.38. The number of likely N-dealkylation sites (tertiary alicyclic amines) is 1. The van der Waals surface area contributed by atoms with Crippen LogP contribution in [-0.2, 0) is 4.74 Å². The number of amides is 1. The highest BCUT2D eigenvalue weighted by Gasteiger charge is 2.33. The van der Waals surface area contributed by atoms with Crippen molar-refractivity contribution in [2.45, 2.75) is 31.3 Å². The molecule has 5 heterocycles. The SMILES string of the molecule is O=C(O)N1CCCC(Nc2cc(N3CC(c4cnc5ccc(F)cn45)OCC3F)ncn2)C1. The number of morpholine rings is 1. The van der Waals surface area contributed by atoms with E-state index < -0.39 is 24.3 Å². The Morgan fingerprint density at radius 3 is 2.97 bits per heavy atom. The molecule has 174 valence electrons. The normalized spacial score (nSPS) is 23.6. The molecule has 0 aromatic carbocycles. The maximum absolute atomic E-state index is 14.8. The number of piperidine rings is 1. The summed E-state index contributed by atoms with van der Waals surface area (Å²) < 4.78 is 35.9. The predicted molar refractivity (Wildman–Crippen MR) is 114 cm³/mol. The molecule has 0 spiro atoms. The predicted octanol–water partition coefficient (Wildman–Crippen LogP) is 2.69. The van der Waals surface area contributed by atoms with Gasteiger partial charge >= 0.3 is 6.09 Å². The van der Waals surface area contributed by atoms with Gasteiger partial charge in [0.25, 0.3) is 0 Å². The number of anilines is 2. The quantitative estimate of drug-likeness (QED) is 0.574. The van der Waals surface area contributed by atoms with Crippen LogP contribution in [0.1, 0.15) is 24.6 Å². The molecule has 33 heavy (non-hydrogen) atoms. The third-order valence-electron chi connectivity index (χ3n) is 5.95. The van der Waals surface area contributed by atoms with Crippen LogP contribution in [-0.4, -0.2) is 74.0 Å². The number of nitrogens with one attached hydrogen (secondary N) is 1. The van der Waals surface area contributed by atoms with E-state index in [0.717, 1.165) is 12.8 Å². The second kappa shape index (κ2) is 8.77. The minimum Gasteiger partial charge on any atom is -0.465 e. The first-order chi connectivity index (χ1) is 16.0. The fourth-order valence-corrected chi connectivity index (χ4v) is 4.32. The summed E-state index contributed by atoms with van der Waals surface area (Å²) in [5.74, 6) is 0.456. The summed E-state index contributed by atoms with van der Waals surface area (Å²) in [4.78, 5) is 26.8. The molecular formula is C21H23F2N7O3. The Labute approximate surface area is 187 Å². The lowest BCUT2D eigenvalue weighted by Crippen LogP contribution is -2.45. The second-order valence-electron chi connectivity index (χ2n) is 8.14. The zero-order valence-corrected chi connectivity index (χ0v) is 17.6. The van der Waals surface area contributed by atoms with E-state index in [1.54, 1.807) is 22.7 Å². The molecule has 0 bridgehead atoms. The number of nitrogens with zero attached hydrogens (tertiary/aromatic N) is 6. The average molecular weight is 459 g/mol. The number of imidazole rings is 1. The molecule has 1 amide bonds. The van der Waals surface area contributed by atoms with Gasteiger partial charge in [-0.15, -0.1) is 0 Å². The van der Waals surface area contributed by atoms with Crippen molar-refractivity contribution >= 4 is 23.4 Å². The van der Waals surface area contributed by atoms with Crippen LogP contribution in [0, 0.1) is 5.82 Å². The molecular weight excluding hydrogens is 436 g/mol. The molecule has 2 fully saturated rings. The highest BCUT2D eigenvalue weighted by Crippen LogP contribution is 2.30. The van der Waals surface area contributed by atoms with Crippen LogP contribution >= 0.6 is 0 Å². The van der Waals surface area contributed by atoms with E-state index in [0.29, 0.717) is 36.1 Å². The minimum absolute atomic E-state index is 0.0933. The molecule has 3 unspecified atom stereocenters. The first-order valence-corrected chi connectivity index (χ1v) is 10.7.